The number of hydrogen-bond donors (Lipinski definition) is 0. The highest BCUT2D eigenvalue weighted by Crippen LogP contribution is 2.29. The average molecular weight is 282 g/mol. The Balaban J connectivity index is 2.10. The van der Waals surface area contributed by atoms with Gasteiger partial charge in [0.25, 0.3) is 0 Å². The van der Waals surface area contributed by atoms with Gasteiger partial charge in [0.2, 0.25) is 0 Å². The Labute approximate surface area is 119 Å². The van der Waals surface area contributed by atoms with Gasteiger partial charge >= 0.3 is 0 Å². The third-order valence-corrected chi connectivity index (χ3v) is 4.86. The Morgan fingerprint density at radius 1 is 1.32 bits per heavy atom. The summed E-state index contributed by atoms with van der Waals surface area (Å²) in [7, 11) is 0. The summed E-state index contributed by atoms with van der Waals surface area (Å²) < 4.78 is 1.11. The first kappa shape index (κ1) is 12.1. The molecular formula is C15H10N2S2. The van der Waals surface area contributed by atoms with Crippen molar-refractivity contribution in [3.63, 3.8) is 0 Å². The van der Waals surface area contributed by atoms with E-state index in [1.807, 2.05) is 35.7 Å². The predicted molar refractivity (Wildman–Crippen MR) is 82.2 cm³/mol. The molecule has 0 aliphatic heterocycles. The lowest BCUT2D eigenvalue weighted by atomic mass is 10.2. The van der Waals surface area contributed by atoms with Gasteiger partial charge in [-0.3, -0.25) is 0 Å². The molecule has 0 amide bonds. The van der Waals surface area contributed by atoms with Crippen LogP contribution in [0.1, 0.15) is 15.4 Å². The van der Waals surface area contributed by atoms with Crippen LogP contribution >= 0.6 is 22.7 Å². The Bertz CT molecular complexity index is 770. The summed E-state index contributed by atoms with van der Waals surface area (Å²) in [4.78, 5) is 5.65. The summed E-state index contributed by atoms with van der Waals surface area (Å²) in [6.45, 7) is 2.05. The van der Waals surface area contributed by atoms with E-state index in [9.17, 15) is 5.26 Å². The van der Waals surface area contributed by atoms with Crippen LogP contribution in [0, 0.1) is 18.3 Å². The monoisotopic (exact) mass is 282 g/mol. The number of nitrogens with zero attached hydrogens (tertiary/aromatic N) is 2. The highest BCUT2D eigenvalue weighted by molar-refractivity contribution is 7.19. The minimum atomic E-state index is 0.631. The number of aryl methyl sites for hydroxylation is 1. The van der Waals surface area contributed by atoms with Crippen LogP contribution in [0.4, 0.5) is 0 Å². The Morgan fingerprint density at radius 2 is 2.16 bits per heavy atom. The van der Waals surface area contributed by atoms with Crippen LogP contribution in [0.3, 0.4) is 0 Å². The van der Waals surface area contributed by atoms with E-state index < -0.39 is 0 Å². The smallest absolute Gasteiger partial charge is 0.135 e. The first-order chi connectivity index (χ1) is 9.28. The zero-order valence-corrected chi connectivity index (χ0v) is 11.9. The molecule has 2 heterocycles. The highest BCUT2D eigenvalue weighted by atomic mass is 32.1. The fourth-order valence-corrected chi connectivity index (χ4v) is 3.58. The maximum atomic E-state index is 9.35. The number of para-hydroxylation sites is 1. The van der Waals surface area contributed by atoms with Crippen LogP contribution < -0.4 is 0 Å². The number of hydrogen-bond acceptors (Lipinski definition) is 4. The molecule has 2 nitrogen and oxygen atoms in total. The first-order valence-corrected chi connectivity index (χ1v) is 7.49. The summed E-state index contributed by atoms with van der Waals surface area (Å²) in [6.07, 6.45) is 1.93. The van der Waals surface area contributed by atoms with Gasteiger partial charge in [-0.15, -0.1) is 22.7 Å². The van der Waals surface area contributed by atoms with Crippen LogP contribution in [0.2, 0.25) is 0 Å². The fourth-order valence-electron chi connectivity index (χ4n) is 1.79. The van der Waals surface area contributed by atoms with Crippen molar-refractivity contribution in [2.75, 3.05) is 0 Å². The molecule has 19 heavy (non-hydrogen) atoms. The predicted octanol–water partition coefficient (Wildman–Crippen LogP) is 4.73. The number of thiazole rings is 1. The lowest BCUT2D eigenvalue weighted by Gasteiger charge is -1.93. The second kappa shape index (κ2) is 4.96. The van der Waals surface area contributed by atoms with Crippen molar-refractivity contribution < 1.29 is 0 Å². The third-order valence-electron chi connectivity index (χ3n) is 2.82. The Kier molecular flexibility index (Phi) is 3.16. The van der Waals surface area contributed by atoms with Gasteiger partial charge in [-0.2, -0.15) is 5.26 Å². The molecule has 0 N–H and O–H groups in total. The van der Waals surface area contributed by atoms with E-state index in [-0.39, 0.29) is 0 Å². The summed E-state index contributed by atoms with van der Waals surface area (Å²) in [6, 6.07) is 12.3. The molecular weight excluding hydrogens is 272 g/mol. The largest absolute Gasteiger partial charge is 0.235 e. The second-order valence-electron chi connectivity index (χ2n) is 4.12. The second-order valence-corrected chi connectivity index (χ2v) is 6.10. The van der Waals surface area contributed by atoms with E-state index >= 15 is 0 Å². The number of aromatic nitrogens is 1. The van der Waals surface area contributed by atoms with Crippen LogP contribution in [-0.4, -0.2) is 4.98 Å². The van der Waals surface area contributed by atoms with Gasteiger partial charge in [-0.05, 0) is 42.1 Å². The maximum Gasteiger partial charge on any atom is 0.135 e. The molecule has 0 spiro atoms. The topological polar surface area (TPSA) is 36.7 Å². The van der Waals surface area contributed by atoms with E-state index in [1.165, 1.54) is 5.56 Å². The van der Waals surface area contributed by atoms with E-state index in [4.69, 9.17) is 0 Å². The molecule has 0 aliphatic carbocycles. The summed E-state index contributed by atoms with van der Waals surface area (Å²) >= 11 is 3.20. The van der Waals surface area contributed by atoms with Gasteiger partial charge in [-0.25, -0.2) is 4.98 Å². The van der Waals surface area contributed by atoms with Crippen molar-refractivity contribution in [2.45, 2.75) is 6.92 Å². The summed E-state index contributed by atoms with van der Waals surface area (Å²) in [5, 5.41) is 12.2. The molecule has 0 saturated heterocycles. The lowest BCUT2D eigenvalue weighted by Crippen LogP contribution is -1.79. The van der Waals surface area contributed by atoms with Gasteiger partial charge in [-0.1, -0.05) is 12.1 Å². The van der Waals surface area contributed by atoms with Crippen molar-refractivity contribution in [1.29, 1.82) is 5.26 Å². The van der Waals surface area contributed by atoms with E-state index in [0.717, 1.165) is 20.1 Å². The van der Waals surface area contributed by atoms with Crippen LogP contribution in [-0.2, 0) is 0 Å². The molecule has 3 rings (SSSR count). The average Bonchev–Trinajstić information content (AvgIpc) is 3.02. The molecule has 1 aromatic carbocycles. The minimum Gasteiger partial charge on any atom is -0.235 e. The zero-order valence-electron chi connectivity index (χ0n) is 10.3. The zero-order chi connectivity index (χ0) is 13.2. The van der Waals surface area contributed by atoms with E-state index in [2.05, 4.69) is 24.0 Å². The number of benzene rings is 1. The molecule has 4 heteroatoms. The number of thiophene rings is 1. The normalized spacial score (nSPS) is 11.7. The van der Waals surface area contributed by atoms with Gasteiger partial charge in [0.15, 0.2) is 0 Å². The molecule has 2 aromatic heterocycles. The molecule has 0 fully saturated rings. The quantitative estimate of drug-likeness (QED) is 0.637. The molecule has 0 radical (unpaired) electrons. The van der Waals surface area contributed by atoms with E-state index in [0.29, 0.717) is 5.57 Å². The summed E-state index contributed by atoms with van der Waals surface area (Å²) in [5.74, 6) is 0. The van der Waals surface area contributed by atoms with Gasteiger partial charge in [0.05, 0.1) is 15.8 Å². The number of nitriles is 1. The third kappa shape index (κ3) is 2.30. The Hall–Kier alpha value is -1.96. The standard InChI is InChI=1S/C15H10N2S2/c1-10-6-7-18-14(10)8-11(9-16)15-17-12-4-2-3-5-13(12)19-15/h2-8H,1H3/b11-8+. The molecule has 0 bridgehead atoms. The lowest BCUT2D eigenvalue weighted by molar-refractivity contribution is 1.43. The number of rotatable bonds is 2. The van der Waals surface area contributed by atoms with Crippen LogP contribution in [0.15, 0.2) is 35.7 Å². The number of allylic oxidation sites excluding steroid dienone is 1. The van der Waals surface area contributed by atoms with Gasteiger partial charge in [0.1, 0.15) is 11.1 Å². The fraction of sp³-hybridized carbons (Fsp3) is 0.0667. The van der Waals surface area contributed by atoms with Crippen molar-refractivity contribution in [2.24, 2.45) is 0 Å². The van der Waals surface area contributed by atoms with E-state index in [1.54, 1.807) is 22.7 Å². The van der Waals surface area contributed by atoms with Crippen LogP contribution in [0.25, 0.3) is 21.9 Å². The summed E-state index contributed by atoms with van der Waals surface area (Å²) in [5.41, 5.74) is 2.78. The van der Waals surface area contributed by atoms with Crippen molar-refractivity contribution in [3.8, 4) is 6.07 Å². The molecule has 0 aliphatic rings. The molecule has 3 aromatic rings. The number of fused-ring (bicyclic) bond motifs is 1. The molecule has 0 saturated carbocycles. The van der Waals surface area contributed by atoms with Gasteiger partial charge in [0, 0.05) is 4.88 Å². The van der Waals surface area contributed by atoms with Gasteiger partial charge < -0.3 is 0 Å². The maximum absolute atomic E-state index is 9.35. The minimum absolute atomic E-state index is 0.631. The first-order valence-electron chi connectivity index (χ1n) is 5.80. The van der Waals surface area contributed by atoms with Crippen molar-refractivity contribution >= 4 is 44.5 Å². The molecule has 92 valence electrons. The van der Waals surface area contributed by atoms with Crippen LogP contribution in [0.5, 0.6) is 0 Å². The SMILES string of the molecule is Cc1ccsc1/C=C(\C#N)c1nc2ccccc2s1. The molecule has 0 unspecified atom stereocenters. The van der Waals surface area contributed by atoms with Crippen molar-refractivity contribution in [1.82, 2.24) is 4.98 Å². The Morgan fingerprint density at radius 3 is 2.84 bits per heavy atom. The molecule has 0 atom stereocenters. The van der Waals surface area contributed by atoms with Crippen molar-refractivity contribution in [3.05, 3.63) is 51.2 Å². The highest BCUT2D eigenvalue weighted by Gasteiger charge is 2.09.